The molecule has 1 saturated carbocycles. The molecule has 3 nitrogen and oxygen atoms in total. The maximum Gasteiger partial charge on any atom is 0.140 e. The normalized spacial score (nSPS) is 17.5. The highest BCUT2D eigenvalue weighted by atomic mass is 79.9. The van der Waals surface area contributed by atoms with Gasteiger partial charge in [0, 0.05) is 19.3 Å². The van der Waals surface area contributed by atoms with Gasteiger partial charge in [-0.25, -0.2) is 4.98 Å². The third-order valence-corrected chi connectivity index (χ3v) is 3.63. The zero-order valence-electron chi connectivity index (χ0n) is 8.54. The van der Waals surface area contributed by atoms with Gasteiger partial charge >= 0.3 is 0 Å². The molecule has 1 aromatic heterocycles. The summed E-state index contributed by atoms with van der Waals surface area (Å²) in [6, 6.07) is 3.87. The molecule has 0 saturated heterocycles. The zero-order valence-corrected chi connectivity index (χ0v) is 10.1. The van der Waals surface area contributed by atoms with Crippen molar-refractivity contribution < 1.29 is 5.11 Å². The number of hydrogen-bond donors (Lipinski definition) is 2. The number of anilines is 1. The van der Waals surface area contributed by atoms with Crippen LogP contribution in [0.2, 0.25) is 0 Å². The van der Waals surface area contributed by atoms with Crippen LogP contribution in [0.3, 0.4) is 0 Å². The van der Waals surface area contributed by atoms with E-state index in [-0.39, 0.29) is 6.61 Å². The summed E-state index contributed by atoms with van der Waals surface area (Å²) in [4.78, 5) is 4.25. The molecule has 0 atom stereocenters. The van der Waals surface area contributed by atoms with Crippen LogP contribution in [0.5, 0.6) is 0 Å². The Hall–Kier alpha value is -0.610. The Morgan fingerprint density at radius 1 is 1.53 bits per heavy atom. The number of halogens is 1. The minimum atomic E-state index is 0.283. The summed E-state index contributed by atoms with van der Waals surface area (Å²) in [5.41, 5.74) is 0.325. The van der Waals surface area contributed by atoms with Crippen LogP contribution in [0.15, 0.2) is 22.8 Å². The number of aliphatic hydroxyl groups excluding tert-OH is 1. The fourth-order valence-electron chi connectivity index (χ4n) is 1.72. The van der Waals surface area contributed by atoms with E-state index < -0.39 is 0 Å². The quantitative estimate of drug-likeness (QED) is 0.864. The predicted molar refractivity (Wildman–Crippen MR) is 63.8 cm³/mol. The monoisotopic (exact) mass is 270 g/mol. The van der Waals surface area contributed by atoms with Gasteiger partial charge in [-0.3, -0.25) is 0 Å². The third kappa shape index (κ3) is 2.69. The average Bonchev–Trinajstić information content (AvgIpc) is 2.98. The SMILES string of the molecule is OCCC1(CNc2ncccc2Br)CC1. The van der Waals surface area contributed by atoms with Gasteiger partial charge < -0.3 is 10.4 Å². The molecule has 1 aliphatic rings. The number of rotatable bonds is 5. The maximum atomic E-state index is 8.94. The molecular weight excluding hydrogens is 256 g/mol. The van der Waals surface area contributed by atoms with E-state index in [4.69, 9.17) is 5.11 Å². The van der Waals surface area contributed by atoms with Crippen molar-refractivity contribution in [3.05, 3.63) is 22.8 Å². The van der Waals surface area contributed by atoms with Crippen LogP contribution in [0.1, 0.15) is 19.3 Å². The van der Waals surface area contributed by atoms with Crippen LogP contribution in [-0.2, 0) is 0 Å². The Kier molecular flexibility index (Phi) is 3.26. The molecule has 1 fully saturated rings. The first-order valence-electron chi connectivity index (χ1n) is 5.21. The number of pyridine rings is 1. The number of nitrogens with one attached hydrogen (secondary N) is 1. The molecule has 0 spiro atoms. The van der Waals surface area contributed by atoms with Gasteiger partial charge in [0.2, 0.25) is 0 Å². The van der Waals surface area contributed by atoms with Crippen molar-refractivity contribution in [3.8, 4) is 0 Å². The number of hydrogen-bond acceptors (Lipinski definition) is 3. The van der Waals surface area contributed by atoms with E-state index in [0.717, 1.165) is 23.3 Å². The van der Waals surface area contributed by atoms with Gasteiger partial charge in [0.1, 0.15) is 5.82 Å². The standard InChI is InChI=1S/C11H15BrN2O/c12-9-2-1-6-13-10(9)14-8-11(3-4-11)5-7-15/h1-2,6,15H,3-5,7-8H2,(H,13,14). The van der Waals surface area contributed by atoms with Crippen molar-refractivity contribution in [2.45, 2.75) is 19.3 Å². The van der Waals surface area contributed by atoms with E-state index in [9.17, 15) is 0 Å². The van der Waals surface area contributed by atoms with Crippen LogP contribution in [0.25, 0.3) is 0 Å². The van der Waals surface area contributed by atoms with E-state index >= 15 is 0 Å². The summed E-state index contributed by atoms with van der Waals surface area (Å²) in [5.74, 6) is 0.890. The fourth-order valence-corrected chi connectivity index (χ4v) is 2.11. The summed E-state index contributed by atoms with van der Waals surface area (Å²) in [7, 11) is 0. The molecule has 2 N–H and O–H groups in total. The van der Waals surface area contributed by atoms with Gasteiger partial charge in [-0.15, -0.1) is 0 Å². The second-order valence-corrected chi connectivity index (χ2v) is 5.02. The van der Waals surface area contributed by atoms with Gasteiger partial charge in [-0.05, 0) is 52.7 Å². The van der Waals surface area contributed by atoms with E-state index in [1.54, 1.807) is 6.20 Å². The first-order valence-corrected chi connectivity index (χ1v) is 6.00. The van der Waals surface area contributed by atoms with Crippen molar-refractivity contribution >= 4 is 21.7 Å². The zero-order chi connectivity index (χ0) is 10.7. The van der Waals surface area contributed by atoms with Crippen LogP contribution in [0.4, 0.5) is 5.82 Å². The number of aromatic nitrogens is 1. The molecule has 1 aliphatic carbocycles. The summed E-state index contributed by atoms with van der Waals surface area (Å²) in [5, 5.41) is 12.3. The number of aliphatic hydroxyl groups is 1. The van der Waals surface area contributed by atoms with Gasteiger partial charge in [0.25, 0.3) is 0 Å². The highest BCUT2D eigenvalue weighted by molar-refractivity contribution is 9.10. The van der Waals surface area contributed by atoms with Crippen LogP contribution >= 0.6 is 15.9 Å². The van der Waals surface area contributed by atoms with Gasteiger partial charge in [-0.2, -0.15) is 0 Å². The van der Waals surface area contributed by atoms with Crippen LogP contribution in [0, 0.1) is 5.41 Å². The average molecular weight is 271 g/mol. The first kappa shape index (κ1) is 10.9. The highest BCUT2D eigenvalue weighted by Gasteiger charge is 2.41. The van der Waals surface area contributed by atoms with Crippen molar-refractivity contribution in [2.75, 3.05) is 18.5 Å². The molecular formula is C11H15BrN2O. The van der Waals surface area contributed by atoms with E-state index in [1.165, 1.54) is 12.8 Å². The van der Waals surface area contributed by atoms with Crippen LogP contribution < -0.4 is 5.32 Å². The summed E-state index contributed by atoms with van der Waals surface area (Å²) in [6.07, 6.45) is 5.10. The summed E-state index contributed by atoms with van der Waals surface area (Å²) < 4.78 is 0.991. The summed E-state index contributed by atoms with van der Waals surface area (Å²) >= 11 is 3.45. The lowest BCUT2D eigenvalue weighted by Crippen LogP contribution is -2.17. The van der Waals surface area contributed by atoms with E-state index in [1.807, 2.05) is 12.1 Å². The molecule has 0 unspecified atom stereocenters. The lowest BCUT2D eigenvalue weighted by molar-refractivity contribution is 0.253. The molecule has 4 heteroatoms. The fraction of sp³-hybridized carbons (Fsp3) is 0.545. The molecule has 0 aliphatic heterocycles. The largest absolute Gasteiger partial charge is 0.396 e. The molecule has 0 amide bonds. The second kappa shape index (κ2) is 4.49. The van der Waals surface area contributed by atoms with Crippen molar-refractivity contribution in [3.63, 3.8) is 0 Å². The Labute approximate surface area is 98.0 Å². The molecule has 1 aromatic rings. The van der Waals surface area contributed by atoms with E-state index in [0.29, 0.717) is 5.41 Å². The lowest BCUT2D eigenvalue weighted by atomic mass is 10.0. The van der Waals surface area contributed by atoms with Crippen molar-refractivity contribution in [2.24, 2.45) is 5.41 Å². The van der Waals surface area contributed by atoms with Gasteiger partial charge in [0.05, 0.1) is 4.47 Å². The molecule has 15 heavy (non-hydrogen) atoms. The molecule has 1 heterocycles. The Bertz CT molecular complexity index is 339. The second-order valence-electron chi connectivity index (χ2n) is 4.16. The predicted octanol–water partition coefficient (Wildman–Crippen LogP) is 2.42. The summed E-state index contributed by atoms with van der Waals surface area (Å²) in [6.45, 7) is 1.19. The molecule has 82 valence electrons. The van der Waals surface area contributed by atoms with Crippen molar-refractivity contribution in [1.29, 1.82) is 0 Å². The van der Waals surface area contributed by atoms with Gasteiger partial charge in [-0.1, -0.05) is 0 Å². The Morgan fingerprint density at radius 2 is 2.33 bits per heavy atom. The van der Waals surface area contributed by atoms with Crippen LogP contribution in [-0.4, -0.2) is 23.2 Å². The minimum absolute atomic E-state index is 0.283. The molecule has 2 rings (SSSR count). The molecule has 0 radical (unpaired) electrons. The minimum Gasteiger partial charge on any atom is -0.396 e. The molecule has 0 aromatic carbocycles. The smallest absolute Gasteiger partial charge is 0.140 e. The molecule has 0 bridgehead atoms. The van der Waals surface area contributed by atoms with Crippen molar-refractivity contribution in [1.82, 2.24) is 4.98 Å². The van der Waals surface area contributed by atoms with Gasteiger partial charge in [0.15, 0.2) is 0 Å². The third-order valence-electron chi connectivity index (χ3n) is 2.99. The number of nitrogens with zero attached hydrogens (tertiary/aromatic N) is 1. The van der Waals surface area contributed by atoms with E-state index in [2.05, 4.69) is 26.2 Å². The Balaban J connectivity index is 1.91. The maximum absolute atomic E-state index is 8.94. The highest BCUT2D eigenvalue weighted by Crippen LogP contribution is 2.48. The lowest BCUT2D eigenvalue weighted by Gasteiger charge is -2.15. The Morgan fingerprint density at radius 3 is 2.93 bits per heavy atom. The first-order chi connectivity index (χ1) is 7.26. The topological polar surface area (TPSA) is 45.1 Å².